The van der Waals surface area contributed by atoms with Gasteiger partial charge in [-0.2, -0.15) is 0 Å². The molecule has 5 aromatic rings. The van der Waals surface area contributed by atoms with Crippen molar-refractivity contribution in [3.8, 4) is 16.8 Å². The van der Waals surface area contributed by atoms with Crippen LogP contribution in [0.5, 0.6) is 0 Å². The molecule has 4 N–H and O–H groups in total. The van der Waals surface area contributed by atoms with Crippen molar-refractivity contribution < 1.29 is 0 Å². The fourth-order valence-electron chi connectivity index (χ4n) is 3.81. The first-order valence-corrected chi connectivity index (χ1v) is 10.2. The maximum absolute atomic E-state index is 6.26. The van der Waals surface area contributed by atoms with Crippen LogP contribution in [0.3, 0.4) is 0 Å². The number of aromatic amines is 1. The summed E-state index contributed by atoms with van der Waals surface area (Å²) in [7, 11) is 0. The van der Waals surface area contributed by atoms with E-state index >= 15 is 0 Å². The lowest BCUT2D eigenvalue weighted by molar-refractivity contribution is 0.681. The average Bonchev–Trinajstić information content (AvgIpc) is 3.46. The fraction of sp³-hybridized carbons (Fsp3) is 0.125. The predicted octanol–water partition coefficient (Wildman–Crippen LogP) is 3.73. The van der Waals surface area contributed by atoms with Crippen molar-refractivity contribution in [2.45, 2.75) is 13.0 Å². The normalized spacial score (nSPS) is 11.2. The van der Waals surface area contributed by atoms with Crippen LogP contribution in [0.25, 0.3) is 27.8 Å². The van der Waals surface area contributed by atoms with Crippen LogP contribution < -0.4 is 11.1 Å². The van der Waals surface area contributed by atoms with Crippen LogP contribution in [0.2, 0.25) is 0 Å². The molecule has 0 amide bonds. The van der Waals surface area contributed by atoms with Crippen LogP contribution in [0.4, 0.5) is 5.82 Å². The zero-order chi connectivity index (χ0) is 21.0. The summed E-state index contributed by atoms with van der Waals surface area (Å²) >= 11 is 0. The van der Waals surface area contributed by atoms with E-state index in [1.165, 1.54) is 11.9 Å². The first-order chi connectivity index (χ1) is 15.3. The van der Waals surface area contributed by atoms with E-state index in [9.17, 15) is 0 Å². The van der Waals surface area contributed by atoms with Crippen LogP contribution in [0, 0.1) is 0 Å². The molecule has 0 aliphatic heterocycles. The van der Waals surface area contributed by atoms with Crippen molar-refractivity contribution in [3.63, 3.8) is 0 Å². The number of rotatable bonds is 7. The van der Waals surface area contributed by atoms with Gasteiger partial charge in [0.15, 0.2) is 5.65 Å². The standard InChI is InChI=1S/C24H23N7/c25-23-22-21(18-6-2-1-3-7-18)14-31(24(22)30-16-29-23)20-8-4-5-17(11-20)12-26-10-9-19-13-27-15-28-19/h1-8,11,13-16,26H,9-10,12H2,(H,27,28)(H2,25,29,30). The molecule has 0 bridgehead atoms. The number of aromatic nitrogens is 5. The van der Waals surface area contributed by atoms with E-state index in [0.717, 1.165) is 53.1 Å². The minimum Gasteiger partial charge on any atom is -0.383 e. The summed E-state index contributed by atoms with van der Waals surface area (Å²) in [6.45, 7) is 1.66. The van der Waals surface area contributed by atoms with Crippen LogP contribution in [0.15, 0.2) is 79.6 Å². The lowest BCUT2D eigenvalue weighted by Crippen LogP contribution is -2.16. The van der Waals surface area contributed by atoms with E-state index in [0.29, 0.717) is 5.82 Å². The Hall–Kier alpha value is -3.97. The van der Waals surface area contributed by atoms with Crippen LogP contribution in [-0.4, -0.2) is 31.0 Å². The number of fused-ring (bicyclic) bond motifs is 1. The van der Waals surface area contributed by atoms with Gasteiger partial charge in [0.05, 0.1) is 11.7 Å². The first-order valence-electron chi connectivity index (χ1n) is 10.2. The van der Waals surface area contributed by atoms with Crippen molar-refractivity contribution in [2.24, 2.45) is 0 Å². The van der Waals surface area contributed by atoms with E-state index in [4.69, 9.17) is 5.73 Å². The van der Waals surface area contributed by atoms with E-state index in [-0.39, 0.29) is 0 Å². The topological polar surface area (TPSA) is 97.4 Å². The van der Waals surface area contributed by atoms with Crippen LogP contribution >= 0.6 is 0 Å². The molecule has 31 heavy (non-hydrogen) atoms. The number of H-pyrrole nitrogens is 1. The Bertz CT molecular complexity index is 1290. The number of nitrogens with zero attached hydrogens (tertiary/aromatic N) is 4. The number of nitrogens with one attached hydrogen (secondary N) is 2. The molecule has 0 aliphatic carbocycles. The number of hydrogen-bond donors (Lipinski definition) is 3. The van der Waals surface area contributed by atoms with E-state index < -0.39 is 0 Å². The number of benzene rings is 2. The molecule has 2 aromatic carbocycles. The van der Waals surface area contributed by atoms with Gasteiger partial charge in [0.25, 0.3) is 0 Å². The van der Waals surface area contributed by atoms with Crippen LogP contribution in [0.1, 0.15) is 11.3 Å². The lowest BCUT2D eigenvalue weighted by atomic mass is 10.1. The highest BCUT2D eigenvalue weighted by Gasteiger charge is 2.16. The second kappa shape index (κ2) is 8.41. The van der Waals surface area contributed by atoms with Crippen molar-refractivity contribution in [3.05, 3.63) is 90.9 Å². The summed E-state index contributed by atoms with van der Waals surface area (Å²) in [4.78, 5) is 16.0. The van der Waals surface area contributed by atoms with Gasteiger partial charge in [-0.3, -0.25) is 0 Å². The molecule has 0 saturated carbocycles. The Morgan fingerprint density at radius 2 is 1.94 bits per heavy atom. The Morgan fingerprint density at radius 3 is 2.77 bits per heavy atom. The quantitative estimate of drug-likeness (QED) is 0.356. The molecule has 7 nitrogen and oxygen atoms in total. The molecule has 3 aromatic heterocycles. The SMILES string of the molecule is Nc1ncnc2c1c(-c1ccccc1)cn2-c1cccc(CNCCc2cnc[nH]2)c1. The van der Waals surface area contributed by atoms with Gasteiger partial charge in [-0.1, -0.05) is 42.5 Å². The Morgan fingerprint density at radius 1 is 1.03 bits per heavy atom. The number of hydrogen-bond acceptors (Lipinski definition) is 5. The molecule has 0 radical (unpaired) electrons. The first kappa shape index (κ1) is 19.0. The summed E-state index contributed by atoms with van der Waals surface area (Å²) in [5, 5.41) is 4.37. The molecule has 0 unspecified atom stereocenters. The van der Waals surface area contributed by atoms with E-state index in [1.54, 1.807) is 6.33 Å². The van der Waals surface area contributed by atoms with Gasteiger partial charge in [0.2, 0.25) is 0 Å². The third-order valence-corrected chi connectivity index (χ3v) is 5.34. The monoisotopic (exact) mass is 409 g/mol. The predicted molar refractivity (Wildman–Crippen MR) is 123 cm³/mol. The molecule has 0 atom stereocenters. The minimum atomic E-state index is 0.485. The van der Waals surface area contributed by atoms with Gasteiger partial charge in [-0.05, 0) is 23.3 Å². The molecule has 3 heterocycles. The Kier molecular flexibility index (Phi) is 5.16. The average molecular weight is 409 g/mol. The van der Waals surface area contributed by atoms with E-state index in [2.05, 4.69) is 72.4 Å². The second-order valence-corrected chi connectivity index (χ2v) is 7.41. The highest BCUT2D eigenvalue weighted by molar-refractivity contribution is 6.01. The molecule has 0 aliphatic rings. The fourth-order valence-corrected chi connectivity index (χ4v) is 3.81. The van der Waals surface area contributed by atoms with Gasteiger partial charge in [0, 0.05) is 48.8 Å². The Balaban J connectivity index is 1.44. The summed E-state index contributed by atoms with van der Waals surface area (Å²) < 4.78 is 2.09. The largest absolute Gasteiger partial charge is 0.383 e. The van der Waals surface area contributed by atoms with Crippen molar-refractivity contribution in [1.82, 2.24) is 29.8 Å². The zero-order valence-electron chi connectivity index (χ0n) is 17.0. The van der Waals surface area contributed by atoms with Gasteiger partial charge in [0.1, 0.15) is 12.1 Å². The molecule has 0 saturated heterocycles. The summed E-state index contributed by atoms with van der Waals surface area (Å²) in [5.74, 6) is 0.485. The summed E-state index contributed by atoms with van der Waals surface area (Å²) in [5.41, 5.74) is 12.5. The molecule has 0 fully saturated rings. The van der Waals surface area contributed by atoms with Gasteiger partial charge in [-0.25, -0.2) is 15.0 Å². The number of nitrogens with two attached hydrogens (primary N) is 1. The summed E-state index contributed by atoms with van der Waals surface area (Å²) in [6.07, 6.45) is 8.09. The van der Waals surface area contributed by atoms with Gasteiger partial charge < -0.3 is 20.6 Å². The zero-order valence-corrected chi connectivity index (χ0v) is 17.0. The maximum Gasteiger partial charge on any atom is 0.150 e. The molecule has 7 heteroatoms. The third-order valence-electron chi connectivity index (χ3n) is 5.34. The van der Waals surface area contributed by atoms with Crippen molar-refractivity contribution in [2.75, 3.05) is 12.3 Å². The maximum atomic E-state index is 6.26. The van der Waals surface area contributed by atoms with Crippen LogP contribution in [-0.2, 0) is 13.0 Å². The second-order valence-electron chi connectivity index (χ2n) is 7.41. The number of nitrogen functional groups attached to an aromatic ring is 1. The van der Waals surface area contributed by atoms with E-state index in [1.807, 2.05) is 24.4 Å². The smallest absolute Gasteiger partial charge is 0.150 e. The Labute approximate surface area is 180 Å². The number of anilines is 1. The lowest BCUT2D eigenvalue weighted by Gasteiger charge is -2.09. The third kappa shape index (κ3) is 3.91. The number of imidazole rings is 1. The molecule has 5 rings (SSSR count). The van der Waals surface area contributed by atoms with Crippen molar-refractivity contribution in [1.29, 1.82) is 0 Å². The van der Waals surface area contributed by atoms with Gasteiger partial charge >= 0.3 is 0 Å². The highest BCUT2D eigenvalue weighted by Crippen LogP contribution is 2.34. The molecule has 0 spiro atoms. The van der Waals surface area contributed by atoms with Crippen molar-refractivity contribution >= 4 is 16.9 Å². The molecular weight excluding hydrogens is 386 g/mol. The minimum absolute atomic E-state index is 0.485. The molecular formula is C24H23N7. The molecule has 154 valence electrons. The highest BCUT2D eigenvalue weighted by atomic mass is 15.1. The van der Waals surface area contributed by atoms with Gasteiger partial charge in [-0.15, -0.1) is 0 Å². The summed E-state index contributed by atoms with van der Waals surface area (Å²) in [6, 6.07) is 18.7.